The summed E-state index contributed by atoms with van der Waals surface area (Å²) in [6.07, 6.45) is 6.06. The van der Waals surface area contributed by atoms with E-state index in [0.717, 1.165) is 6.42 Å². The maximum atomic E-state index is 2.55. The van der Waals surface area contributed by atoms with E-state index in [4.69, 9.17) is 0 Å². The zero-order valence-corrected chi connectivity index (χ0v) is 24.9. The second kappa shape index (κ2) is 10.3. The lowest BCUT2D eigenvalue weighted by Crippen LogP contribution is -2.18. The number of aryl methyl sites for hydroxylation is 2. The quantitative estimate of drug-likeness (QED) is 0.213. The minimum absolute atomic E-state index is 0.0787. The van der Waals surface area contributed by atoms with Crippen LogP contribution in [0, 0.1) is 13.8 Å². The molecule has 0 amide bonds. The van der Waals surface area contributed by atoms with Crippen LogP contribution < -0.4 is 4.90 Å². The van der Waals surface area contributed by atoms with E-state index >= 15 is 0 Å². The molecule has 0 aliphatic heterocycles. The summed E-state index contributed by atoms with van der Waals surface area (Å²) in [5.41, 5.74) is 15.6. The molecule has 2 aliphatic rings. The molecule has 0 aromatic heterocycles. The van der Waals surface area contributed by atoms with Crippen LogP contribution in [0.25, 0.3) is 16.7 Å². The second-order valence-electron chi connectivity index (χ2n) is 12.4. The normalized spacial score (nSPS) is 16.7. The molecule has 0 spiro atoms. The lowest BCUT2D eigenvalue weighted by Gasteiger charge is -2.29. The Morgan fingerprint density at radius 2 is 1.24 bits per heavy atom. The first-order valence-corrected chi connectivity index (χ1v) is 15.0. The number of hydrogen-bond acceptors (Lipinski definition) is 1. The van der Waals surface area contributed by atoms with Crippen LogP contribution in [-0.2, 0) is 5.41 Å². The third kappa shape index (κ3) is 4.60. The molecule has 0 N–H and O–H groups in total. The Kier molecular flexibility index (Phi) is 6.47. The zero-order valence-electron chi connectivity index (χ0n) is 24.9. The van der Waals surface area contributed by atoms with Gasteiger partial charge in [0.05, 0.1) is 0 Å². The van der Waals surface area contributed by atoms with Crippen molar-refractivity contribution in [2.75, 3.05) is 4.90 Å². The predicted octanol–water partition coefficient (Wildman–Crippen LogP) is 11.2. The lowest BCUT2D eigenvalue weighted by molar-refractivity contribution is 0.648. The van der Waals surface area contributed by atoms with Gasteiger partial charge in [0.1, 0.15) is 0 Å². The molecular weight excluding hydrogens is 506 g/mol. The molecule has 1 unspecified atom stereocenters. The van der Waals surface area contributed by atoms with E-state index in [1.165, 1.54) is 67.2 Å². The molecule has 1 atom stereocenters. The summed E-state index contributed by atoms with van der Waals surface area (Å²) < 4.78 is 0. The van der Waals surface area contributed by atoms with Crippen molar-refractivity contribution < 1.29 is 0 Å². The average Bonchev–Trinajstić information content (AvgIpc) is 3.23. The summed E-state index contributed by atoms with van der Waals surface area (Å²) >= 11 is 0. The van der Waals surface area contributed by atoms with E-state index in [2.05, 4.69) is 166 Å². The molecule has 0 bridgehead atoms. The highest BCUT2D eigenvalue weighted by Gasteiger charge is 2.40. The maximum absolute atomic E-state index is 2.55. The Hall–Kier alpha value is -4.62. The molecule has 42 heavy (non-hydrogen) atoms. The molecule has 2 aliphatic carbocycles. The Labute approximate surface area is 250 Å². The van der Waals surface area contributed by atoms with Gasteiger partial charge in [-0.05, 0) is 107 Å². The van der Waals surface area contributed by atoms with Crippen LogP contribution in [-0.4, -0.2) is 0 Å². The Bertz CT molecular complexity index is 1790. The van der Waals surface area contributed by atoms with E-state index < -0.39 is 0 Å². The van der Waals surface area contributed by atoms with E-state index in [1.54, 1.807) is 0 Å². The number of anilines is 3. The molecule has 0 saturated heterocycles. The largest absolute Gasteiger partial charge is 0.310 e. The van der Waals surface area contributed by atoms with E-state index in [0.29, 0.717) is 5.92 Å². The fourth-order valence-electron chi connectivity index (χ4n) is 6.85. The van der Waals surface area contributed by atoms with Crippen molar-refractivity contribution in [2.45, 2.75) is 45.4 Å². The average molecular weight is 544 g/mol. The highest BCUT2D eigenvalue weighted by Crippen LogP contribution is 2.54. The van der Waals surface area contributed by atoms with Gasteiger partial charge in [0.2, 0.25) is 0 Å². The summed E-state index contributed by atoms with van der Waals surface area (Å²) in [7, 11) is 0. The van der Waals surface area contributed by atoms with E-state index in [-0.39, 0.29) is 5.41 Å². The molecular formula is C41H37N. The van der Waals surface area contributed by atoms with Crippen molar-refractivity contribution in [3.8, 4) is 11.1 Å². The molecule has 0 radical (unpaired) electrons. The van der Waals surface area contributed by atoms with Gasteiger partial charge in [0, 0.05) is 28.4 Å². The van der Waals surface area contributed by atoms with Gasteiger partial charge in [-0.3, -0.25) is 0 Å². The Morgan fingerprint density at radius 1 is 0.619 bits per heavy atom. The lowest BCUT2D eigenvalue weighted by atomic mass is 9.77. The van der Waals surface area contributed by atoms with Gasteiger partial charge in [0.15, 0.2) is 0 Å². The van der Waals surface area contributed by atoms with Crippen LogP contribution in [0.15, 0.2) is 139 Å². The van der Waals surface area contributed by atoms with Crippen molar-refractivity contribution in [2.24, 2.45) is 0 Å². The molecule has 0 fully saturated rings. The zero-order chi connectivity index (χ0) is 28.8. The van der Waals surface area contributed by atoms with Gasteiger partial charge in [-0.15, -0.1) is 0 Å². The fourth-order valence-corrected chi connectivity index (χ4v) is 6.85. The minimum Gasteiger partial charge on any atom is -0.310 e. The molecule has 1 nitrogen and oxygen atoms in total. The van der Waals surface area contributed by atoms with Gasteiger partial charge in [-0.1, -0.05) is 111 Å². The highest BCUT2D eigenvalue weighted by molar-refractivity contribution is 5.92. The molecule has 0 heterocycles. The molecule has 1 heteroatoms. The van der Waals surface area contributed by atoms with Crippen molar-refractivity contribution in [3.63, 3.8) is 0 Å². The van der Waals surface area contributed by atoms with Gasteiger partial charge >= 0.3 is 0 Å². The molecule has 7 rings (SSSR count). The molecule has 0 saturated carbocycles. The smallest absolute Gasteiger partial charge is 0.0465 e. The number of hydrogen-bond donors (Lipinski definition) is 0. The van der Waals surface area contributed by atoms with E-state index in [1.807, 2.05) is 0 Å². The van der Waals surface area contributed by atoms with Crippen molar-refractivity contribution in [1.82, 2.24) is 0 Å². The van der Waals surface area contributed by atoms with Gasteiger partial charge in [-0.25, -0.2) is 0 Å². The van der Waals surface area contributed by atoms with E-state index in [9.17, 15) is 0 Å². The van der Waals surface area contributed by atoms with Gasteiger partial charge < -0.3 is 4.90 Å². The summed E-state index contributed by atoms with van der Waals surface area (Å²) in [5, 5.41) is 0. The van der Waals surface area contributed by atoms with Crippen molar-refractivity contribution in [1.29, 1.82) is 0 Å². The van der Waals surface area contributed by atoms with Crippen molar-refractivity contribution in [3.05, 3.63) is 167 Å². The van der Waals surface area contributed by atoms with Gasteiger partial charge in [0.25, 0.3) is 0 Å². The summed E-state index contributed by atoms with van der Waals surface area (Å²) in [5.74, 6) is 0.387. The molecule has 5 aromatic rings. The number of allylic oxidation sites excluding steroid dienone is 4. The summed E-state index contributed by atoms with van der Waals surface area (Å²) in [6, 6.07) is 44.5. The number of benzene rings is 5. The van der Waals surface area contributed by atoms with Gasteiger partial charge in [-0.2, -0.15) is 0 Å². The van der Waals surface area contributed by atoms with Crippen molar-refractivity contribution >= 4 is 22.6 Å². The summed E-state index contributed by atoms with van der Waals surface area (Å²) in [4.78, 5) is 2.40. The summed E-state index contributed by atoms with van der Waals surface area (Å²) in [6.45, 7) is 9.12. The predicted molar refractivity (Wildman–Crippen MR) is 179 cm³/mol. The molecule has 206 valence electrons. The van der Waals surface area contributed by atoms with Crippen LogP contribution in [0.3, 0.4) is 0 Å². The number of nitrogens with zero attached hydrogens (tertiary/aromatic N) is 1. The first-order chi connectivity index (χ1) is 20.4. The Balaban J connectivity index is 1.26. The topological polar surface area (TPSA) is 3.24 Å². The Morgan fingerprint density at radius 3 is 1.88 bits per heavy atom. The monoisotopic (exact) mass is 543 g/mol. The molecule has 5 aromatic carbocycles. The maximum Gasteiger partial charge on any atom is 0.0465 e. The first kappa shape index (κ1) is 26.3. The SMILES string of the molecule is Cc1cccc(N(c2cccc(C)c2)c2ccc3c(c2)C(C)(C)C2=CC(c4ccc(-c5ccccc5)cc4)CC=C23)c1. The standard InChI is InChI=1S/C41H37N/c1-28-10-8-14-34(24-28)42(35-15-9-11-29(2)25-35)36-21-23-38-37-22-20-33(26-39(37)41(3,4)40(38)27-36)32-18-16-31(17-19-32)30-12-6-5-7-13-30/h5-19,21-27,33H,20H2,1-4H3. The number of fused-ring (bicyclic) bond motifs is 3. The minimum atomic E-state index is -0.0787. The fraction of sp³-hybridized carbons (Fsp3) is 0.171. The van der Waals surface area contributed by atoms with Crippen LogP contribution in [0.5, 0.6) is 0 Å². The number of rotatable bonds is 5. The van der Waals surface area contributed by atoms with Crippen LogP contribution in [0.4, 0.5) is 17.1 Å². The van der Waals surface area contributed by atoms with Crippen LogP contribution in [0.2, 0.25) is 0 Å². The van der Waals surface area contributed by atoms with Crippen LogP contribution in [0.1, 0.15) is 54.0 Å². The third-order valence-corrected chi connectivity index (χ3v) is 9.10. The first-order valence-electron chi connectivity index (χ1n) is 15.0. The van der Waals surface area contributed by atoms with Crippen LogP contribution >= 0.6 is 0 Å². The highest BCUT2D eigenvalue weighted by atomic mass is 15.1. The third-order valence-electron chi connectivity index (χ3n) is 9.10. The second-order valence-corrected chi connectivity index (χ2v) is 12.4.